The third-order valence-corrected chi connectivity index (χ3v) is 3.65. The summed E-state index contributed by atoms with van der Waals surface area (Å²) < 4.78 is 50.6. The van der Waals surface area contributed by atoms with Gasteiger partial charge in [-0.05, 0) is 6.42 Å². The van der Waals surface area contributed by atoms with E-state index in [-0.39, 0.29) is 12.3 Å². The topological polar surface area (TPSA) is 27.7 Å². The minimum absolute atomic E-state index is 0.344. The normalized spacial score (nSPS) is 14.6. The average Bonchev–Trinajstić information content (AvgIpc) is 2.15. The first-order valence-corrected chi connectivity index (χ1v) is 5.97. The van der Waals surface area contributed by atoms with Gasteiger partial charge in [-0.25, -0.2) is 0 Å². The van der Waals surface area contributed by atoms with Crippen LogP contribution in [0.25, 0.3) is 0 Å². The molecule has 0 bridgehead atoms. The molecule has 0 N–H and O–H groups in total. The minimum Gasteiger partial charge on any atom is -0.395 e. The number of hydrogen-bond donors (Lipinski definition) is 0. The molecule has 1 radical (unpaired) electrons. The van der Waals surface area contributed by atoms with Crippen LogP contribution >= 0.6 is 0 Å². The van der Waals surface area contributed by atoms with Crippen LogP contribution in [0.4, 0.5) is 13.2 Å². The van der Waals surface area contributed by atoms with Crippen molar-refractivity contribution in [2.75, 3.05) is 20.8 Å². The van der Waals surface area contributed by atoms with E-state index < -0.39 is 21.9 Å². The van der Waals surface area contributed by atoms with Gasteiger partial charge in [0.25, 0.3) is 0 Å². The van der Waals surface area contributed by atoms with Gasteiger partial charge in [-0.3, -0.25) is 0 Å². The highest BCUT2D eigenvalue weighted by molar-refractivity contribution is 6.45. The molecule has 0 aromatic rings. The molecular formula is C8H16F3O3Si. The van der Waals surface area contributed by atoms with E-state index in [9.17, 15) is 13.2 Å². The maximum atomic E-state index is 11.8. The lowest BCUT2D eigenvalue weighted by Gasteiger charge is -2.20. The number of halogens is 3. The lowest BCUT2D eigenvalue weighted by Crippen LogP contribution is -2.37. The second kappa shape index (κ2) is 7.21. The SMILES string of the molecule is CCC(OCCC(F)(F)F)[Si](OC)OC. The first-order valence-electron chi connectivity index (χ1n) is 4.57. The fraction of sp³-hybridized carbons (Fsp3) is 1.00. The molecular weight excluding hydrogens is 229 g/mol. The van der Waals surface area contributed by atoms with Crippen LogP contribution in [0.3, 0.4) is 0 Å². The van der Waals surface area contributed by atoms with Crippen LogP contribution in [0.15, 0.2) is 0 Å². The largest absolute Gasteiger partial charge is 0.416 e. The van der Waals surface area contributed by atoms with Crippen LogP contribution in [0.1, 0.15) is 19.8 Å². The van der Waals surface area contributed by atoms with E-state index in [1.165, 1.54) is 14.2 Å². The summed E-state index contributed by atoms with van der Waals surface area (Å²) in [7, 11) is 1.31. The molecule has 1 atom stereocenters. The summed E-state index contributed by atoms with van der Waals surface area (Å²) in [5, 5.41) is 0. The molecule has 0 aliphatic heterocycles. The minimum atomic E-state index is -4.18. The number of hydrogen-bond acceptors (Lipinski definition) is 3. The predicted octanol–water partition coefficient (Wildman–Crippen LogP) is 2.05. The summed E-state index contributed by atoms with van der Waals surface area (Å²) in [5.74, 6) is 0. The molecule has 0 aromatic heterocycles. The number of alkyl halides is 3. The maximum Gasteiger partial charge on any atom is 0.416 e. The molecule has 0 amide bonds. The third-order valence-electron chi connectivity index (χ3n) is 1.74. The summed E-state index contributed by atoms with van der Waals surface area (Å²) in [6, 6.07) is 0. The van der Waals surface area contributed by atoms with Crippen molar-refractivity contribution in [1.82, 2.24) is 0 Å². The summed E-state index contributed by atoms with van der Waals surface area (Å²) in [4.78, 5) is 0. The van der Waals surface area contributed by atoms with Crippen molar-refractivity contribution in [2.24, 2.45) is 0 Å². The molecule has 91 valence electrons. The van der Waals surface area contributed by atoms with Crippen LogP contribution in [-0.4, -0.2) is 42.0 Å². The van der Waals surface area contributed by atoms with Gasteiger partial charge in [0.2, 0.25) is 0 Å². The summed E-state index contributed by atoms with van der Waals surface area (Å²) in [6.45, 7) is 1.48. The second-order valence-corrected chi connectivity index (χ2v) is 4.96. The van der Waals surface area contributed by atoms with E-state index in [0.717, 1.165) is 0 Å². The highest BCUT2D eigenvalue weighted by Crippen LogP contribution is 2.19. The first-order chi connectivity index (χ1) is 6.94. The monoisotopic (exact) mass is 245 g/mol. The van der Waals surface area contributed by atoms with Crippen molar-refractivity contribution < 1.29 is 26.8 Å². The molecule has 0 saturated carbocycles. The molecule has 0 fully saturated rings. The van der Waals surface area contributed by atoms with E-state index in [4.69, 9.17) is 13.6 Å². The highest BCUT2D eigenvalue weighted by Gasteiger charge is 2.30. The quantitative estimate of drug-likeness (QED) is 0.642. The van der Waals surface area contributed by atoms with Gasteiger partial charge < -0.3 is 13.6 Å². The Bertz CT molecular complexity index is 162. The molecule has 0 rings (SSSR count). The Morgan fingerprint density at radius 3 is 2.07 bits per heavy atom. The molecule has 0 aliphatic rings. The van der Waals surface area contributed by atoms with Crippen molar-refractivity contribution >= 4 is 9.28 Å². The molecule has 0 aromatic carbocycles. The van der Waals surface area contributed by atoms with Crippen molar-refractivity contribution in [3.8, 4) is 0 Å². The molecule has 15 heavy (non-hydrogen) atoms. The van der Waals surface area contributed by atoms with Crippen molar-refractivity contribution in [2.45, 2.75) is 31.7 Å². The molecule has 0 spiro atoms. The molecule has 3 nitrogen and oxygen atoms in total. The summed E-state index contributed by atoms with van der Waals surface area (Å²) >= 11 is 0. The van der Waals surface area contributed by atoms with Gasteiger partial charge in [-0.15, -0.1) is 0 Å². The smallest absolute Gasteiger partial charge is 0.395 e. The predicted molar refractivity (Wildman–Crippen MR) is 50.5 cm³/mol. The van der Waals surface area contributed by atoms with E-state index in [2.05, 4.69) is 0 Å². The van der Waals surface area contributed by atoms with E-state index in [1.807, 2.05) is 6.92 Å². The molecule has 1 unspecified atom stereocenters. The van der Waals surface area contributed by atoms with Gasteiger partial charge in [-0.1, -0.05) is 6.92 Å². The van der Waals surface area contributed by atoms with Gasteiger partial charge >= 0.3 is 15.5 Å². The highest BCUT2D eigenvalue weighted by atomic mass is 28.3. The second-order valence-electron chi connectivity index (χ2n) is 2.86. The van der Waals surface area contributed by atoms with Crippen molar-refractivity contribution in [3.05, 3.63) is 0 Å². The lowest BCUT2D eigenvalue weighted by molar-refractivity contribution is -0.147. The standard InChI is InChI=1S/C8H16F3O3Si/c1-4-7(15(12-2)13-3)14-6-5-8(9,10)11/h7H,4-6H2,1-3H3. The Morgan fingerprint density at radius 1 is 1.20 bits per heavy atom. The molecule has 7 heteroatoms. The summed E-state index contributed by atoms with van der Waals surface area (Å²) in [5.41, 5.74) is -0.368. The van der Waals surface area contributed by atoms with E-state index in [0.29, 0.717) is 6.42 Å². The van der Waals surface area contributed by atoms with E-state index >= 15 is 0 Å². The van der Waals surface area contributed by atoms with Crippen LogP contribution in [-0.2, 0) is 13.6 Å². The Hall–Kier alpha value is -0.113. The van der Waals surface area contributed by atoms with Crippen LogP contribution in [0.2, 0.25) is 0 Å². The zero-order chi connectivity index (χ0) is 11.9. The van der Waals surface area contributed by atoms with Crippen molar-refractivity contribution in [3.63, 3.8) is 0 Å². The number of ether oxygens (including phenoxy) is 1. The molecule has 0 saturated heterocycles. The Kier molecular flexibility index (Phi) is 7.15. The third kappa shape index (κ3) is 6.88. The molecule has 0 heterocycles. The zero-order valence-electron chi connectivity index (χ0n) is 9.06. The van der Waals surface area contributed by atoms with E-state index in [1.54, 1.807) is 0 Å². The molecule has 0 aliphatic carbocycles. The van der Waals surface area contributed by atoms with Gasteiger partial charge in [0.15, 0.2) is 0 Å². The van der Waals surface area contributed by atoms with Crippen molar-refractivity contribution in [1.29, 1.82) is 0 Å². The maximum absolute atomic E-state index is 11.8. The van der Waals surface area contributed by atoms with Gasteiger partial charge in [0, 0.05) is 14.2 Å². The fourth-order valence-electron chi connectivity index (χ4n) is 1.02. The van der Waals surface area contributed by atoms with Crippen LogP contribution in [0, 0.1) is 0 Å². The Morgan fingerprint density at radius 2 is 1.73 bits per heavy atom. The van der Waals surface area contributed by atoms with Gasteiger partial charge in [0.05, 0.1) is 13.0 Å². The first kappa shape index (κ1) is 14.9. The lowest BCUT2D eigenvalue weighted by atomic mass is 10.4. The fourth-order valence-corrected chi connectivity index (χ4v) is 2.30. The summed E-state index contributed by atoms with van der Waals surface area (Å²) in [6.07, 6.45) is -4.54. The van der Waals surface area contributed by atoms with Crippen LogP contribution < -0.4 is 0 Å². The van der Waals surface area contributed by atoms with Gasteiger partial charge in [-0.2, -0.15) is 13.2 Å². The zero-order valence-corrected chi connectivity index (χ0v) is 10.1. The van der Waals surface area contributed by atoms with Crippen LogP contribution in [0.5, 0.6) is 0 Å². The average molecular weight is 245 g/mol. The number of rotatable bonds is 7. The Labute approximate surface area is 89.4 Å². The Balaban J connectivity index is 3.89. The van der Waals surface area contributed by atoms with Gasteiger partial charge in [0.1, 0.15) is 5.73 Å².